The van der Waals surface area contributed by atoms with E-state index < -0.39 is 0 Å². The molecular formula is C12H16N4O. The summed E-state index contributed by atoms with van der Waals surface area (Å²) in [6, 6.07) is 1.88. The predicted molar refractivity (Wildman–Crippen MR) is 64.2 cm³/mol. The van der Waals surface area contributed by atoms with Crippen LogP contribution in [0.2, 0.25) is 0 Å². The Bertz CT molecular complexity index is 507. The molecule has 2 aromatic rings. The van der Waals surface area contributed by atoms with Crippen molar-refractivity contribution in [1.82, 2.24) is 19.7 Å². The molecule has 0 atom stereocenters. The van der Waals surface area contributed by atoms with E-state index >= 15 is 0 Å². The van der Waals surface area contributed by atoms with Crippen molar-refractivity contribution in [2.24, 2.45) is 7.05 Å². The molecule has 0 aliphatic rings. The highest BCUT2D eigenvalue weighted by atomic mass is 16.3. The molecule has 2 heterocycles. The number of aryl methyl sites for hydroxylation is 2. The fourth-order valence-corrected chi connectivity index (χ4v) is 1.69. The average Bonchev–Trinajstić information content (AvgIpc) is 2.76. The van der Waals surface area contributed by atoms with E-state index in [0.717, 1.165) is 29.8 Å². The molecule has 2 aromatic heterocycles. The number of hydrogen-bond donors (Lipinski definition) is 1. The highest BCUT2D eigenvalue weighted by molar-refractivity contribution is 5.48. The van der Waals surface area contributed by atoms with Crippen molar-refractivity contribution in [3.63, 3.8) is 0 Å². The molecule has 0 aromatic carbocycles. The van der Waals surface area contributed by atoms with Gasteiger partial charge in [0.15, 0.2) is 5.82 Å². The first-order valence-electron chi connectivity index (χ1n) is 5.70. The molecule has 2 rings (SSSR count). The Kier molecular flexibility index (Phi) is 3.49. The summed E-state index contributed by atoms with van der Waals surface area (Å²) in [4.78, 5) is 8.70. The first-order valence-corrected chi connectivity index (χ1v) is 5.70. The monoisotopic (exact) mass is 232 g/mol. The largest absolute Gasteiger partial charge is 0.392 e. The Hall–Kier alpha value is -1.75. The van der Waals surface area contributed by atoms with Gasteiger partial charge < -0.3 is 5.11 Å². The Morgan fingerprint density at radius 2 is 2.24 bits per heavy atom. The molecule has 0 bridgehead atoms. The smallest absolute Gasteiger partial charge is 0.180 e. The van der Waals surface area contributed by atoms with Gasteiger partial charge in [-0.1, -0.05) is 13.3 Å². The summed E-state index contributed by atoms with van der Waals surface area (Å²) in [5.41, 5.74) is 2.46. The molecule has 0 fully saturated rings. The van der Waals surface area contributed by atoms with Crippen molar-refractivity contribution in [2.75, 3.05) is 0 Å². The summed E-state index contributed by atoms with van der Waals surface area (Å²) in [7, 11) is 1.86. The Labute approximate surface area is 100 Å². The van der Waals surface area contributed by atoms with E-state index in [1.54, 1.807) is 10.9 Å². The minimum absolute atomic E-state index is 0.0160. The van der Waals surface area contributed by atoms with Crippen molar-refractivity contribution >= 4 is 0 Å². The van der Waals surface area contributed by atoms with E-state index in [-0.39, 0.29) is 6.61 Å². The summed E-state index contributed by atoms with van der Waals surface area (Å²) in [6.07, 6.45) is 5.38. The predicted octanol–water partition coefficient (Wildman–Crippen LogP) is 1.32. The summed E-state index contributed by atoms with van der Waals surface area (Å²) < 4.78 is 1.72. The molecule has 90 valence electrons. The standard InChI is InChI=1S/C12H16N4O/c1-3-4-10-9(8-17)7-13-12(14-10)11-5-6-16(2)15-11/h5-7,17H,3-4,8H2,1-2H3. The SMILES string of the molecule is CCCc1nc(-c2ccn(C)n2)ncc1CO. The second kappa shape index (κ2) is 5.05. The highest BCUT2D eigenvalue weighted by Crippen LogP contribution is 2.15. The molecule has 1 N–H and O–H groups in total. The summed E-state index contributed by atoms with van der Waals surface area (Å²) >= 11 is 0. The van der Waals surface area contributed by atoms with E-state index in [2.05, 4.69) is 22.0 Å². The van der Waals surface area contributed by atoms with Gasteiger partial charge >= 0.3 is 0 Å². The quantitative estimate of drug-likeness (QED) is 0.863. The Balaban J connectivity index is 2.39. The van der Waals surface area contributed by atoms with Crippen LogP contribution in [0.3, 0.4) is 0 Å². The van der Waals surface area contributed by atoms with Crippen LogP contribution in [0.5, 0.6) is 0 Å². The molecule has 5 heteroatoms. The molecule has 0 spiro atoms. The third kappa shape index (κ3) is 2.50. The molecule has 0 amide bonds. The topological polar surface area (TPSA) is 63.8 Å². The van der Waals surface area contributed by atoms with Gasteiger partial charge in [0.2, 0.25) is 0 Å². The number of hydrogen-bond acceptors (Lipinski definition) is 4. The van der Waals surface area contributed by atoms with Crippen LogP contribution in [0, 0.1) is 0 Å². The van der Waals surface area contributed by atoms with Gasteiger partial charge in [0.05, 0.1) is 12.3 Å². The summed E-state index contributed by atoms with van der Waals surface area (Å²) in [5.74, 6) is 0.617. The van der Waals surface area contributed by atoms with Gasteiger partial charge in [0, 0.05) is 25.0 Å². The van der Waals surface area contributed by atoms with Crippen LogP contribution in [-0.4, -0.2) is 24.9 Å². The van der Waals surface area contributed by atoms with E-state index in [1.807, 2.05) is 19.3 Å². The molecule has 0 unspecified atom stereocenters. The molecule has 0 saturated carbocycles. The minimum atomic E-state index is -0.0160. The second-order valence-electron chi connectivity index (χ2n) is 3.95. The normalized spacial score (nSPS) is 10.8. The number of aliphatic hydroxyl groups is 1. The number of aromatic nitrogens is 4. The van der Waals surface area contributed by atoms with E-state index in [4.69, 9.17) is 0 Å². The average molecular weight is 232 g/mol. The molecule has 0 radical (unpaired) electrons. The van der Waals surface area contributed by atoms with E-state index in [1.165, 1.54) is 0 Å². The third-order valence-corrected chi connectivity index (χ3v) is 2.55. The van der Waals surface area contributed by atoms with Crippen LogP contribution in [0.1, 0.15) is 24.6 Å². The third-order valence-electron chi connectivity index (χ3n) is 2.55. The van der Waals surface area contributed by atoms with Crippen molar-refractivity contribution in [3.8, 4) is 11.5 Å². The molecule has 5 nitrogen and oxygen atoms in total. The molecule has 0 aliphatic heterocycles. The van der Waals surface area contributed by atoms with Gasteiger partial charge in [-0.2, -0.15) is 5.10 Å². The maximum atomic E-state index is 9.21. The minimum Gasteiger partial charge on any atom is -0.392 e. The van der Waals surface area contributed by atoms with Crippen molar-refractivity contribution in [2.45, 2.75) is 26.4 Å². The molecular weight excluding hydrogens is 216 g/mol. The zero-order chi connectivity index (χ0) is 12.3. The van der Waals surface area contributed by atoms with Crippen LogP contribution in [0.4, 0.5) is 0 Å². The lowest BCUT2D eigenvalue weighted by Crippen LogP contribution is -2.02. The second-order valence-corrected chi connectivity index (χ2v) is 3.95. The summed E-state index contributed by atoms with van der Waals surface area (Å²) in [6.45, 7) is 2.07. The van der Waals surface area contributed by atoms with Gasteiger partial charge in [0.1, 0.15) is 5.69 Å². The summed E-state index contributed by atoms with van der Waals surface area (Å²) in [5, 5.41) is 13.5. The Morgan fingerprint density at radius 3 is 2.82 bits per heavy atom. The van der Waals surface area contributed by atoms with Crippen LogP contribution >= 0.6 is 0 Å². The molecule has 0 saturated heterocycles. The van der Waals surface area contributed by atoms with Crippen LogP contribution in [0.25, 0.3) is 11.5 Å². The van der Waals surface area contributed by atoms with Gasteiger partial charge in [-0.05, 0) is 12.5 Å². The molecule has 0 aliphatic carbocycles. The molecule has 17 heavy (non-hydrogen) atoms. The van der Waals surface area contributed by atoms with Crippen molar-refractivity contribution in [1.29, 1.82) is 0 Å². The fraction of sp³-hybridized carbons (Fsp3) is 0.417. The van der Waals surface area contributed by atoms with Crippen molar-refractivity contribution < 1.29 is 5.11 Å². The first-order chi connectivity index (χ1) is 8.24. The lowest BCUT2D eigenvalue weighted by molar-refractivity contribution is 0.279. The fourth-order valence-electron chi connectivity index (χ4n) is 1.69. The maximum absolute atomic E-state index is 9.21. The van der Waals surface area contributed by atoms with Gasteiger partial charge in [0.25, 0.3) is 0 Å². The first kappa shape index (κ1) is 11.7. The zero-order valence-corrected chi connectivity index (χ0v) is 10.1. The van der Waals surface area contributed by atoms with E-state index in [9.17, 15) is 5.11 Å². The van der Waals surface area contributed by atoms with Crippen LogP contribution in [0.15, 0.2) is 18.5 Å². The number of aliphatic hydroxyl groups excluding tert-OH is 1. The number of rotatable bonds is 4. The van der Waals surface area contributed by atoms with Crippen LogP contribution in [-0.2, 0) is 20.1 Å². The van der Waals surface area contributed by atoms with Gasteiger partial charge in [-0.3, -0.25) is 4.68 Å². The maximum Gasteiger partial charge on any atom is 0.180 e. The van der Waals surface area contributed by atoms with Gasteiger partial charge in [-0.25, -0.2) is 9.97 Å². The highest BCUT2D eigenvalue weighted by Gasteiger charge is 2.09. The Morgan fingerprint density at radius 1 is 1.41 bits per heavy atom. The zero-order valence-electron chi connectivity index (χ0n) is 10.1. The van der Waals surface area contributed by atoms with Crippen LogP contribution < -0.4 is 0 Å². The van der Waals surface area contributed by atoms with E-state index in [0.29, 0.717) is 5.82 Å². The van der Waals surface area contributed by atoms with Gasteiger partial charge in [-0.15, -0.1) is 0 Å². The number of nitrogens with zero attached hydrogens (tertiary/aromatic N) is 4. The lowest BCUT2D eigenvalue weighted by Gasteiger charge is -2.06. The van der Waals surface area contributed by atoms with Crippen molar-refractivity contribution in [3.05, 3.63) is 29.7 Å². The lowest BCUT2D eigenvalue weighted by atomic mass is 10.1.